The number of hydrogen-bond donors (Lipinski definition) is 9. The highest BCUT2D eigenvalue weighted by Crippen LogP contribution is 2.30. The highest BCUT2D eigenvalue weighted by Gasteiger charge is 2.51. The minimum atomic E-state index is -1.79. The van der Waals surface area contributed by atoms with E-state index >= 15 is 0 Å². The second-order valence-electron chi connectivity index (χ2n) is 19.7. The van der Waals surface area contributed by atoms with Gasteiger partial charge in [0, 0.05) is 6.42 Å². The number of aliphatic hydroxyl groups is 8. The minimum Gasteiger partial charge on any atom is -0.394 e. The number of ether oxygens (including phenoxy) is 4. The van der Waals surface area contributed by atoms with Gasteiger partial charge >= 0.3 is 0 Å². The van der Waals surface area contributed by atoms with Gasteiger partial charge in [-0.25, -0.2) is 0 Å². The van der Waals surface area contributed by atoms with Crippen LogP contribution < -0.4 is 5.32 Å². The largest absolute Gasteiger partial charge is 0.394 e. The van der Waals surface area contributed by atoms with Crippen molar-refractivity contribution in [1.82, 2.24) is 5.32 Å². The van der Waals surface area contributed by atoms with Gasteiger partial charge in [-0.3, -0.25) is 4.79 Å². The van der Waals surface area contributed by atoms with E-state index in [-0.39, 0.29) is 18.9 Å². The Labute approximate surface area is 457 Å². The maximum Gasteiger partial charge on any atom is 0.220 e. The van der Waals surface area contributed by atoms with Gasteiger partial charge < -0.3 is 65.1 Å². The smallest absolute Gasteiger partial charge is 0.220 e. The molecule has 9 N–H and O–H groups in total. The van der Waals surface area contributed by atoms with Gasteiger partial charge in [0.1, 0.15) is 48.8 Å². The summed E-state index contributed by atoms with van der Waals surface area (Å²) in [4.78, 5) is 13.2. The number of carbonyl (C=O) groups is 1. The third-order valence-corrected chi connectivity index (χ3v) is 13.2. The molecule has 0 spiro atoms. The second-order valence-corrected chi connectivity index (χ2v) is 19.7. The predicted octanol–water partition coefficient (Wildman–Crippen LogP) is 9.44. The molecule has 14 heteroatoms. The van der Waals surface area contributed by atoms with Crippen LogP contribution in [0, 0.1) is 0 Å². The van der Waals surface area contributed by atoms with E-state index in [2.05, 4.69) is 129 Å². The molecule has 76 heavy (non-hydrogen) atoms. The highest BCUT2D eigenvalue weighted by molar-refractivity contribution is 5.76. The molecule has 0 aromatic heterocycles. The molecule has 432 valence electrons. The Hall–Kier alpha value is -3.61. The Bertz CT molecular complexity index is 1730. The first-order valence-electron chi connectivity index (χ1n) is 28.8. The second kappa shape index (κ2) is 46.3. The van der Waals surface area contributed by atoms with Crippen molar-refractivity contribution in [3.8, 4) is 0 Å². The van der Waals surface area contributed by atoms with Crippen molar-refractivity contribution in [1.29, 1.82) is 0 Å². The zero-order chi connectivity index (χ0) is 55.3. The number of rotatable bonds is 43. The highest BCUT2D eigenvalue weighted by atomic mass is 16.7. The number of unbranched alkanes of at least 4 members (excludes halogenated alkanes) is 12. The van der Waals surface area contributed by atoms with Gasteiger partial charge in [0.2, 0.25) is 5.91 Å². The van der Waals surface area contributed by atoms with E-state index < -0.39 is 86.8 Å². The lowest BCUT2D eigenvalue weighted by Gasteiger charge is -2.46. The van der Waals surface area contributed by atoms with Crippen LogP contribution in [0.1, 0.15) is 168 Å². The van der Waals surface area contributed by atoms with Gasteiger partial charge in [0.15, 0.2) is 12.6 Å². The van der Waals surface area contributed by atoms with Crippen molar-refractivity contribution in [2.24, 2.45) is 0 Å². The summed E-state index contributed by atoms with van der Waals surface area (Å²) in [7, 11) is 0. The molecular weight excluding hydrogens is 967 g/mol. The summed E-state index contributed by atoms with van der Waals surface area (Å²) in [5, 5.41) is 86.5. The average molecular weight is 1070 g/mol. The molecule has 2 rings (SSSR count). The summed E-state index contributed by atoms with van der Waals surface area (Å²) in [6, 6.07) is -0.926. The van der Waals surface area contributed by atoms with Crippen molar-refractivity contribution < 1.29 is 64.6 Å². The van der Waals surface area contributed by atoms with Gasteiger partial charge in [0.05, 0.1) is 32.0 Å². The number of carbonyl (C=O) groups excluding carboxylic acids is 1. The summed E-state index contributed by atoms with van der Waals surface area (Å²) >= 11 is 0. The molecule has 0 saturated carbocycles. The lowest BCUT2D eigenvalue weighted by molar-refractivity contribution is -0.359. The van der Waals surface area contributed by atoms with Crippen LogP contribution in [-0.2, 0) is 23.7 Å². The zero-order valence-corrected chi connectivity index (χ0v) is 46.2. The van der Waals surface area contributed by atoms with Gasteiger partial charge in [-0.2, -0.15) is 0 Å². The van der Waals surface area contributed by atoms with Crippen LogP contribution in [0.4, 0.5) is 0 Å². The van der Waals surface area contributed by atoms with Gasteiger partial charge in [-0.15, -0.1) is 0 Å². The summed E-state index contributed by atoms with van der Waals surface area (Å²) in [6.45, 7) is 2.57. The van der Waals surface area contributed by atoms with E-state index in [1.165, 1.54) is 6.42 Å². The van der Waals surface area contributed by atoms with Crippen LogP contribution in [0.3, 0.4) is 0 Å². The van der Waals surface area contributed by atoms with E-state index in [1.54, 1.807) is 6.08 Å². The van der Waals surface area contributed by atoms with Crippen LogP contribution in [0.25, 0.3) is 0 Å². The van der Waals surface area contributed by atoms with E-state index in [0.717, 1.165) is 135 Å². The topological polar surface area (TPSA) is 228 Å². The predicted molar refractivity (Wildman–Crippen MR) is 304 cm³/mol. The Morgan fingerprint density at radius 1 is 0.487 bits per heavy atom. The lowest BCUT2D eigenvalue weighted by Crippen LogP contribution is -2.65. The minimum absolute atomic E-state index is 0.259. The molecule has 2 fully saturated rings. The van der Waals surface area contributed by atoms with Crippen molar-refractivity contribution in [3.05, 3.63) is 122 Å². The molecule has 2 heterocycles. The molecule has 0 radical (unpaired) electrons. The first-order chi connectivity index (χ1) is 37.1. The van der Waals surface area contributed by atoms with E-state index in [0.29, 0.717) is 6.42 Å². The van der Waals surface area contributed by atoms with Crippen LogP contribution in [0.5, 0.6) is 0 Å². The first kappa shape index (κ1) is 68.5. The molecule has 2 saturated heterocycles. The molecule has 0 aliphatic carbocycles. The number of hydrogen-bond acceptors (Lipinski definition) is 13. The number of aliphatic hydroxyl groups excluding tert-OH is 8. The molecule has 12 unspecified atom stereocenters. The molecule has 0 bridgehead atoms. The summed E-state index contributed by atoms with van der Waals surface area (Å²) < 4.78 is 22.6. The standard InChI is InChI=1S/C62H101NO13/c1-3-5-7-9-11-12-13-14-15-16-17-18-19-20-21-22-23-24-25-26-27-28-29-30-31-32-33-34-35-36-37-38-40-42-44-46-54(67)63-50(51(66)45-43-41-39-10-8-6-4-2)49-73-61-59(72)57(70)60(53(48-65)75-61)76-62-58(71)56(69)55(68)52(47-64)74-62/h5,7,11-12,14-15,17-18,20-21,23-24,26-27,29-30,32-33,43,45,50-53,55-62,64-66,68-72H,3-4,6,8-10,13,16,19,22,25,28,31,34-42,44,46-49H2,1-2H3,(H,63,67)/b7-5-,12-11-,15-14-,18-17-,21-20-,24-23-,27-26-,30-29-,33-32-,45-43+. The maximum absolute atomic E-state index is 13.2. The first-order valence-corrected chi connectivity index (χ1v) is 28.8. The van der Waals surface area contributed by atoms with Crippen molar-refractivity contribution in [3.63, 3.8) is 0 Å². The monoisotopic (exact) mass is 1070 g/mol. The third-order valence-electron chi connectivity index (χ3n) is 13.2. The number of allylic oxidation sites excluding steroid dienone is 19. The van der Waals surface area contributed by atoms with Crippen LogP contribution in [0.15, 0.2) is 122 Å². The number of nitrogens with one attached hydrogen (secondary N) is 1. The Morgan fingerprint density at radius 2 is 0.908 bits per heavy atom. The SMILES string of the molecule is CC/C=C\C/C=C\C/C=C\C/C=C\C/C=C\C/C=C\C/C=C\C/C=C\C/C=C\CCCCCCCCCC(=O)NC(COC1OC(CO)C(OC2OC(CO)C(O)C(O)C2O)C(O)C1O)C(O)/C=C/CCCCCCC. The molecular formula is C62H101NO13. The van der Waals surface area contributed by atoms with Crippen LogP contribution in [-0.4, -0.2) is 140 Å². The quantitative estimate of drug-likeness (QED) is 0.0205. The average Bonchev–Trinajstić information content (AvgIpc) is 3.42. The third kappa shape index (κ3) is 31.7. The van der Waals surface area contributed by atoms with E-state index in [9.17, 15) is 45.6 Å². The van der Waals surface area contributed by atoms with E-state index in [1.807, 2.05) is 6.08 Å². The summed E-state index contributed by atoms with van der Waals surface area (Å²) in [6.07, 6.45) is 50.0. The number of amides is 1. The Kier molecular flexibility index (Phi) is 41.7. The lowest BCUT2D eigenvalue weighted by atomic mass is 9.97. The molecule has 2 aliphatic heterocycles. The fraction of sp³-hybridized carbons (Fsp3) is 0.661. The Balaban J connectivity index is 1.63. The van der Waals surface area contributed by atoms with Gasteiger partial charge in [0.25, 0.3) is 0 Å². The summed E-state index contributed by atoms with van der Waals surface area (Å²) in [5.41, 5.74) is 0. The molecule has 2 aliphatic rings. The molecule has 0 aromatic carbocycles. The fourth-order valence-electron chi connectivity index (χ4n) is 8.52. The maximum atomic E-state index is 13.2. The van der Waals surface area contributed by atoms with Crippen molar-refractivity contribution >= 4 is 5.91 Å². The van der Waals surface area contributed by atoms with Crippen molar-refractivity contribution in [2.75, 3.05) is 19.8 Å². The van der Waals surface area contributed by atoms with E-state index in [4.69, 9.17) is 18.9 Å². The fourth-order valence-corrected chi connectivity index (χ4v) is 8.52. The van der Waals surface area contributed by atoms with Gasteiger partial charge in [-0.1, -0.05) is 193 Å². The molecule has 14 nitrogen and oxygen atoms in total. The Morgan fingerprint density at radius 3 is 1.39 bits per heavy atom. The zero-order valence-electron chi connectivity index (χ0n) is 46.2. The molecule has 1 amide bonds. The van der Waals surface area contributed by atoms with Crippen LogP contribution >= 0.6 is 0 Å². The molecule has 0 aromatic rings. The summed E-state index contributed by atoms with van der Waals surface area (Å²) in [5.74, 6) is -0.262. The van der Waals surface area contributed by atoms with Crippen molar-refractivity contribution in [2.45, 2.75) is 242 Å². The van der Waals surface area contributed by atoms with Gasteiger partial charge in [-0.05, 0) is 89.9 Å². The normalized spacial score (nSPS) is 25.8. The van der Waals surface area contributed by atoms with Crippen LogP contribution in [0.2, 0.25) is 0 Å². The molecule has 12 atom stereocenters.